The molecular weight excluding hydrogens is 234 g/mol. The van der Waals surface area contributed by atoms with Gasteiger partial charge >= 0.3 is 0 Å². The Kier molecular flexibility index (Phi) is 7.33. The average molecular weight is 269 g/mol. The van der Waals surface area contributed by atoms with Crippen molar-refractivity contribution in [2.75, 3.05) is 40.3 Å². The Morgan fingerprint density at radius 1 is 1.16 bits per heavy atom. The van der Waals surface area contributed by atoms with Gasteiger partial charge in [-0.05, 0) is 80.2 Å². The number of likely N-dealkylation sites (N-methyl/N-ethyl adjacent to an activating group) is 1. The predicted molar refractivity (Wildman–Crippen MR) is 84.8 cm³/mol. The molecule has 1 saturated heterocycles. The summed E-state index contributed by atoms with van der Waals surface area (Å²) in [6.45, 7) is 11.7. The smallest absolute Gasteiger partial charge is 0.0223 e. The molecule has 1 aliphatic rings. The third kappa shape index (κ3) is 7.91. The summed E-state index contributed by atoms with van der Waals surface area (Å²) in [6, 6.07) is 0.808. The van der Waals surface area contributed by atoms with Crippen LogP contribution in [0.4, 0.5) is 0 Å². The highest BCUT2D eigenvalue weighted by Crippen LogP contribution is 2.18. The lowest BCUT2D eigenvalue weighted by Crippen LogP contribution is -2.38. The molecule has 0 bridgehead atoms. The molecule has 0 aromatic rings. The van der Waals surface area contributed by atoms with Crippen molar-refractivity contribution < 1.29 is 0 Å². The van der Waals surface area contributed by atoms with Crippen LogP contribution in [0.5, 0.6) is 0 Å². The van der Waals surface area contributed by atoms with Crippen molar-refractivity contribution in [2.45, 2.75) is 64.5 Å². The Hall–Kier alpha value is -0.120. The van der Waals surface area contributed by atoms with Crippen LogP contribution in [0, 0.1) is 0 Å². The van der Waals surface area contributed by atoms with E-state index in [1.807, 2.05) is 0 Å². The van der Waals surface area contributed by atoms with E-state index >= 15 is 0 Å². The number of rotatable bonds is 8. The minimum absolute atomic E-state index is 0.270. The Morgan fingerprint density at radius 2 is 1.89 bits per heavy atom. The summed E-state index contributed by atoms with van der Waals surface area (Å²) in [5, 5.41) is 3.56. The van der Waals surface area contributed by atoms with Crippen LogP contribution in [0.2, 0.25) is 0 Å². The van der Waals surface area contributed by atoms with Crippen molar-refractivity contribution in [1.82, 2.24) is 15.1 Å². The van der Waals surface area contributed by atoms with E-state index in [4.69, 9.17) is 0 Å². The number of hydrogen-bond donors (Lipinski definition) is 1. The van der Waals surface area contributed by atoms with Gasteiger partial charge in [-0.1, -0.05) is 6.42 Å². The summed E-state index contributed by atoms with van der Waals surface area (Å²) in [6.07, 6.45) is 6.81. The third-order valence-electron chi connectivity index (χ3n) is 3.85. The molecule has 1 heterocycles. The maximum atomic E-state index is 3.56. The second-order valence-electron chi connectivity index (χ2n) is 7.33. The van der Waals surface area contributed by atoms with E-state index < -0.39 is 0 Å². The summed E-state index contributed by atoms with van der Waals surface area (Å²) >= 11 is 0. The van der Waals surface area contributed by atoms with Gasteiger partial charge in [-0.15, -0.1) is 0 Å². The van der Waals surface area contributed by atoms with E-state index in [9.17, 15) is 0 Å². The summed E-state index contributed by atoms with van der Waals surface area (Å²) in [5.41, 5.74) is 0.270. The molecule has 0 aliphatic carbocycles. The van der Waals surface area contributed by atoms with Crippen LogP contribution in [0.1, 0.15) is 52.9 Å². The Morgan fingerprint density at radius 3 is 2.53 bits per heavy atom. The molecule has 114 valence electrons. The topological polar surface area (TPSA) is 18.5 Å². The standard InChI is InChI=1S/C16H35N3/c1-16(2,3)17-11-7-6-8-12-19-13-9-10-15(19)14-18(4)5/h15,17H,6-14H2,1-5H3. The normalized spacial score (nSPS) is 21.5. The van der Waals surface area contributed by atoms with E-state index in [2.05, 4.69) is 50.0 Å². The van der Waals surface area contributed by atoms with Crippen molar-refractivity contribution in [3.05, 3.63) is 0 Å². The SMILES string of the molecule is CN(C)CC1CCCN1CCCCCNC(C)(C)C. The maximum Gasteiger partial charge on any atom is 0.0223 e. The van der Waals surface area contributed by atoms with Gasteiger partial charge in [-0.3, -0.25) is 4.90 Å². The highest BCUT2D eigenvalue weighted by molar-refractivity contribution is 4.80. The molecule has 0 spiro atoms. The summed E-state index contributed by atoms with van der Waals surface area (Å²) < 4.78 is 0. The van der Waals surface area contributed by atoms with Crippen LogP contribution in [0.15, 0.2) is 0 Å². The van der Waals surface area contributed by atoms with Crippen LogP contribution < -0.4 is 5.32 Å². The fourth-order valence-corrected chi connectivity index (χ4v) is 2.90. The van der Waals surface area contributed by atoms with Crippen molar-refractivity contribution >= 4 is 0 Å². The highest BCUT2D eigenvalue weighted by atomic mass is 15.2. The lowest BCUT2D eigenvalue weighted by Gasteiger charge is -2.27. The van der Waals surface area contributed by atoms with Gasteiger partial charge in [0.15, 0.2) is 0 Å². The summed E-state index contributed by atoms with van der Waals surface area (Å²) in [4.78, 5) is 5.04. The monoisotopic (exact) mass is 269 g/mol. The van der Waals surface area contributed by atoms with Crippen LogP contribution in [0.3, 0.4) is 0 Å². The van der Waals surface area contributed by atoms with Crippen molar-refractivity contribution in [3.63, 3.8) is 0 Å². The number of likely N-dealkylation sites (tertiary alicyclic amines) is 1. The molecule has 19 heavy (non-hydrogen) atoms. The van der Waals surface area contributed by atoms with E-state index in [-0.39, 0.29) is 5.54 Å². The Balaban J connectivity index is 2.05. The maximum absolute atomic E-state index is 3.56. The molecule has 0 saturated carbocycles. The van der Waals surface area contributed by atoms with Gasteiger partial charge < -0.3 is 10.2 Å². The summed E-state index contributed by atoms with van der Waals surface area (Å²) in [7, 11) is 4.38. The number of nitrogens with zero attached hydrogens (tertiary/aromatic N) is 2. The van der Waals surface area contributed by atoms with Crippen LogP contribution >= 0.6 is 0 Å². The zero-order chi connectivity index (χ0) is 14.3. The fourth-order valence-electron chi connectivity index (χ4n) is 2.90. The van der Waals surface area contributed by atoms with Gasteiger partial charge in [-0.25, -0.2) is 0 Å². The number of nitrogens with one attached hydrogen (secondary N) is 1. The molecule has 3 nitrogen and oxygen atoms in total. The van der Waals surface area contributed by atoms with E-state index in [1.54, 1.807) is 0 Å². The predicted octanol–water partition coefficient (Wildman–Crippen LogP) is 2.57. The van der Waals surface area contributed by atoms with Gasteiger partial charge in [0.25, 0.3) is 0 Å². The third-order valence-corrected chi connectivity index (χ3v) is 3.85. The number of unbranched alkanes of at least 4 members (excludes halogenated alkanes) is 2. The molecule has 0 aromatic carbocycles. The van der Waals surface area contributed by atoms with Crippen LogP contribution in [0.25, 0.3) is 0 Å². The first-order valence-corrected chi connectivity index (χ1v) is 8.02. The van der Waals surface area contributed by atoms with Gasteiger partial charge in [0.2, 0.25) is 0 Å². The van der Waals surface area contributed by atoms with E-state index in [1.165, 1.54) is 51.7 Å². The van der Waals surface area contributed by atoms with Crippen LogP contribution in [-0.2, 0) is 0 Å². The molecule has 0 aromatic heterocycles. The summed E-state index contributed by atoms with van der Waals surface area (Å²) in [5.74, 6) is 0. The zero-order valence-corrected chi connectivity index (χ0v) is 13.8. The first-order valence-electron chi connectivity index (χ1n) is 8.02. The average Bonchev–Trinajstić information content (AvgIpc) is 2.68. The molecular formula is C16H35N3. The lowest BCUT2D eigenvalue weighted by atomic mass is 10.1. The van der Waals surface area contributed by atoms with Crippen LogP contribution in [-0.4, -0.2) is 61.7 Å². The van der Waals surface area contributed by atoms with Gasteiger partial charge in [0.1, 0.15) is 0 Å². The number of hydrogen-bond acceptors (Lipinski definition) is 3. The van der Waals surface area contributed by atoms with Crippen molar-refractivity contribution in [3.8, 4) is 0 Å². The lowest BCUT2D eigenvalue weighted by molar-refractivity contribution is 0.204. The molecule has 1 N–H and O–H groups in total. The van der Waals surface area contributed by atoms with Crippen molar-refractivity contribution in [2.24, 2.45) is 0 Å². The molecule has 3 heteroatoms. The largest absolute Gasteiger partial charge is 0.312 e. The molecule has 0 radical (unpaired) electrons. The van der Waals surface area contributed by atoms with E-state index in [0.717, 1.165) is 12.6 Å². The minimum atomic E-state index is 0.270. The van der Waals surface area contributed by atoms with Gasteiger partial charge in [0.05, 0.1) is 0 Å². The van der Waals surface area contributed by atoms with E-state index in [0.29, 0.717) is 0 Å². The first-order chi connectivity index (χ1) is 8.88. The van der Waals surface area contributed by atoms with Gasteiger partial charge in [-0.2, -0.15) is 0 Å². The molecule has 0 amide bonds. The molecule has 1 atom stereocenters. The second-order valence-corrected chi connectivity index (χ2v) is 7.33. The Labute approximate surface area is 120 Å². The first kappa shape index (κ1) is 16.9. The van der Waals surface area contributed by atoms with Gasteiger partial charge in [0, 0.05) is 18.1 Å². The van der Waals surface area contributed by atoms with Crippen molar-refractivity contribution in [1.29, 1.82) is 0 Å². The molecule has 1 rings (SSSR count). The molecule has 1 fully saturated rings. The Bertz CT molecular complexity index is 233. The quantitative estimate of drug-likeness (QED) is 0.683. The second kappa shape index (κ2) is 8.23. The highest BCUT2D eigenvalue weighted by Gasteiger charge is 2.23. The fraction of sp³-hybridized carbons (Fsp3) is 1.00. The zero-order valence-electron chi connectivity index (χ0n) is 13.8. The minimum Gasteiger partial charge on any atom is -0.312 e. The molecule has 1 unspecified atom stereocenters. The molecule has 1 aliphatic heterocycles.